The molecule has 0 saturated heterocycles. The van der Waals surface area contributed by atoms with Crippen LogP contribution in [0.3, 0.4) is 0 Å². The number of fused-ring (bicyclic) bond motifs is 1. The molecule has 0 spiro atoms. The first-order valence-corrected chi connectivity index (χ1v) is 5.85. The molecule has 4 nitrogen and oxygen atoms in total. The van der Waals surface area contributed by atoms with Crippen molar-refractivity contribution in [3.8, 4) is 0 Å². The van der Waals surface area contributed by atoms with Crippen molar-refractivity contribution in [2.24, 2.45) is 0 Å². The average Bonchev–Trinajstić information content (AvgIpc) is 2.78. The second kappa shape index (κ2) is 4.61. The average molecular weight is 257 g/mol. The molecule has 0 saturated carbocycles. The molecule has 0 aliphatic rings. The molecule has 0 atom stereocenters. The number of nitrogens with two attached hydrogens (primary N) is 1. The molecule has 1 aromatic heterocycles. The SMILES string of the molecule is Nc1ccc2nc(NCc3cccc(F)c3)oc2c1. The monoisotopic (exact) mass is 257 g/mol. The number of halogens is 1. The van der Waals surface area contributed by atoms with E-state index < -0.39 is 0 Å². The smallest absolute Gasteiger partial charge is 0.295 e. The number of nitrogens with one attached hydrogen (secondary N) is 1. The summed E-state index contributed by atoms with van der Waals surface area (Å²) in [5.41, 5.74) is 8.47. The molecule has 0 amide bonds. The zero-order valence-corrected chi connectivity index (χ0v) is 10.1. The Morgan fingerprint density at radius 3 is 2.95 bits per heavy atom. The van der Waals surface area contributed by atoms with Crippen LogP contribution in [0.15, 0.2) is 46.9 Å². The van der Waals surface area contributed by atoms with Gasteiger partial charge in [0.1, 0.15) is 11.3 Å². The second-order valence-corrected chi connectivity index (χ2v) is 4.23. The molecule has 0 bridgehead atoms. The van der Waals surface area contributed by atoms with Crippen LogP contribution in [0.4, 0.5) is 16.1 Å². The van der Waals surface area contributed by atoms with Crippen LogP contribution in [-0.4, -0.2) is 4.98 Å². The molecule has 0 unspecified atom stereocenters. The Morgan fingerprint density at radius 2 is 2.11 bits per heavy atom. The molecule has 3 aromatic rings. The second-order valence-electron chi connectivity index (χ2n) is 4.23. The normalized spacial score (nSPS) is 10.8. The highest BCUT2D eigenvalue weighted by molar-refractivity contribution is 5.78. The number of anilines is 2. The van der Waals surface area contributed by atoms with E-state index in [1.807, 2.05) is 6.07 Å². The van der Waals surface area contributed by atoms with Crippen molar-refractivity contribution in [1.82, 2.24) is 4.98 Å². The van der Waals surface area contributed by atoms with Crippen molar-refractivity contribution in [1.29, 1.82) is 0 Å². The lowest BCUT2D eigenvalue weighted by atomic mass is 10.2. The van der Waals surface area contributed by atoms with Gasteiger partial charge < -0.3 is 15.5 Å². The summed E-state index contributed by atoms with van der Waals surface area (Å²) in [5, 5.41) is 3.01. The summed E-state index contributed by atoms with van der Waals surface area (Å²) in [6.45, 7) is 0.445. The minimum atomic E-state index is -0.260. The number of nitrogen functional groups attached to an aromatic ring is 1. The van der Waals surface area contributed by atoms with Crippen molar-refractivity contribution in [3.05, 3.63) is 53.8 Å². The van der Waals surface area contributed by atoms with E-state index in [-0.39, 0.29) is 5.82 Å². The number of nitrogens with zero attached hydrogens (tertiary/aromatic N) is 1. The van der Waals surface area contributed by atoms with Gasteiger partial charge in [0.25, 0.3) is 6.01 Å². The molecule has 0 radical (unpaired) electrons. The van der Waals surface area contributed by atoms with Crippen molar-refractivity contribution in [2.45, 2.75) is 6.54 Å². The molecule has 96 valence electrons. The van der Waals surface area contributed by atoms with E-state index in [9.17, 15) is 4.39 Å². The number of benzene rings is 2. The van der Waals surface area contributed by atoms with Crippen molar-refractivity contribution in [2.75, 3.05) is 11.1 Å². The van der Waals surface area contributed by atoms with E-state index in [1.165, 1.54) is 12.1 Å². The summed E-state index contributed by atoms with van der Waals surface area (Å²) in [4.78, 5) is 4.26. The number of oxazole rings is 1. The highest BCUT2D eigenvalue weighted by Gasteiger charge is 2.05. The number of aromatic nitrogens is 1. The van der Waals surface area contributed by atoms with E-state index in [2.05, 4.69) is 10.3 Å². The van der Waals surface area contributed by atoms with E-state index in [0.29, 0.717) is 23.8 Å². The largest absolute Gasteiger partial charge is 0.423 e. The standard InChI is InChI=1S/C14H12FN3O/c15-10-3-1-2-9(6-10)8-17-14-18-12-5-4-11(16)7-13(12)19-14/h1-7H,8,16H2,(H,17,18). The Balaban J connectivity index is 1.78. The zero-order valence-electron chi connectivity index (χ0n) is 10.1. The van der Waals surface area contributed by atoms with Crippen LogP contribution in [0, 0.1) is 5.82 Å². The Morgan fingerprint density at radius 1 is 1.21 bits per heavy atom. The minimum absolute atomic E-state index is 0.260. The first-order valence-electron chi connectivity index (χ1n) is 5.85. The molecule has 2 aromatic carbocycles. The third-order valence-corrected chi connectivity index (χ3v) is 2.75. The third-order valence-electron chi connectivity index (χ3n) is 2.75. The quantitative estimate of drug-likeness (QED) is 0.707. The maximum atomic E-state index is 13.0. The maximum absolute atomic E-state index is 13.0. The molecule has 3 N–H and O–H groups in total. The molecule has 0 aliphatic carbocycles. The molecule has 1 heterocycles. The van der Waals surface area contributed by atoms with Crippen LogP contribution in [0.2, 0.25) is 0 Å². The Kier molecular flexibility index (Phi) is 2.79. The molecule has 3 rings (SSSR count). The van der Waals surface area contributed by atoms with Gasteiger partial charge >= 0.3 is 0 Å². The van der Waals surface area contributed by atoms with Gasteiger partial charge in [-0.2, -0.15) is 4.98 Å². The number of hydrogen-bond acceptors (Lipinski definition) is 4. The van der Waals surface area contributed by atoms with E-state index in [0.717, 1.165) is 11.1 Å². The van der Waals surface area contributed by atoms with E-state index in [4.69, 9.17) is 10.2 Å². The lowest BCUT2D eigenvalue weighted by Gasteiger charge is -2.01. The van der Waals surface area contributed by atoms with Gasteiger partial charge in [-0.3, -0.25) is 0 Å². The van der Waals surface area contributed by atoms with Gasteiger partial charge in [0.15, 0.2) is 5.58 Å². The Hall–Kier alpha value is -2.56. The fourth-order valence-corrected chi connectivity index (χ4v) is 1.84. The van der Waals surface area contributed by atoms with Crippen molar-refractivity contribution in [3.63, 3.8) is 0 Å². The molecular weight excluding hydrogens is 245 g/mol. The summed E-state index contributed by atoms with van der Waals surface area (Å²) < 4.78 is 18.5. The van der Waals surface area contributed by atoms with Gasteiger partial charge in [-0.1, -0.05) is 12.1 Å². The molecular formula is C14H12FN3O. The van der Waals surface area contributed by atoms with Crippen LogP contribution in [-0.2, 0) is 6.54 Å². The van der Waals surface area contributed by atoms with Gasteiger partial charge in [-0.25, -0.2) is 4.39 Å². The van der Waals surface area contributed by atoms with Gasteiger partial charge in [-0.15, -0.1) is 0 Å². The fraction of sp³-hybridized carbons (Fsp3) is 0.0714. The van der Waals surface area contributed by atoms with Gasteiger partial charge in [0, 0.05) is 18.3 Å². The van der Waals surface area contributed by atoms with E-state index in [1.54, 1.807) is 24.3 Å². The topological polar surface area (TPSA) is 64.1 Å². The lowest BCUT2D eigenvalue weighted by Crippen LogP contribution is -1.99. The summed E-state index contributed by atoms with van der Waals surface area (Å²) in [7, 11) is 0. The molecule has 19 heavy (non-hydrogen) atoms. The maximum Gasteiger partial charge on any atom is 0.295 e. The van der Waals surface area contributed by atoms with Crippen molar-refractivity contribution < 1.29 is 8.81 Å². The highest BCUT2D eigenvalue weighted by Crippen LogP contribution is 2.21. The highest BCUT2D eigenvalue weighted by atomic mass is 19.1. The summed E-state index contributed by atoms with van der Waals surface area (Å²) >= 11 is 0. The van der Waals surface area contributed by atoms with E-state index >= 15 is 0 Å². The number of rotatable bonds is 3. The Labute approximate surface area is 109 Å². The van der Waals surface area contributed by atoms with Crippen LogP contribution in [0.5, 0.6) is 0 Å². The van der Waals surface area contributed by atoms with Gasteiger partial charge in [0.2, 0.25) is 0 Å². The fourth-order valence-electron chi connectivity index (χ4n) is 1.84. The number of hydrogen-bond donors (Lipinski definition) is 2. The molecule has 5 heteroatoms. The predicted molar refractivity (Wildman–Crippen MR) is 72.1 cm³/mol. The summed E-state index contributed by atoms with van der Waals surface area (Å²) in [6, 6.07) is 12.0. The minimum Gasteiger partial charge on any atom is -0.423 e. The summed E-state index contributed by atoms with van der Waals surface area (Å²) in [6.07, 6.45) is 0. The predicted octanol–water partition coefficient (Wildman–Crippen LogP) is 3.16. The summed E-state index contributed by atoms with van der Waals surface area (Å²) in [5.74, 6) is -0.260. The Bertz CT molecular complexity index is 724. The van der Waals surface area contributed by atoms with Gasteiger partial charge in [0.05, 0.1) is 0 Å². The zero-order chi connectivity index (χ0) is 13.2. The van der Waals surface area contributed by atoms with Crippen molar-refractivity contribution >= 4 is 22.8 Å². The third kappa shape index (κ3) is 2.49. The molecule has 0 aliphatic heterocycles. The van der Waals surface area contributed by atoms with Crippen LogP contribution in [0.1, 0.15) is 5.56 Å². The first kappa shape index (κ1) is 11.5. The van der Waals surface area contributed by atoms with Crippen LogP contribution < -0.4 is 11.1 Å². The lowest BCUT2D eigenvalue weighted by molar-refractivity contribution is 0.612. The first-order chi connectivity index (χ1) is 9.20. The van der Waals surface area contributed by atoms with Crippen LogP contribution in [0.25, 0.3) is 11.1 Å². The van der Waals surface area contributed by atoms with Gasteiger partial charge in [-0.05, 0) is 29.8 Å². The van der Waals surface area contributed by atoms with Crippen LogP contribution >= 0.6 is 0 Å². The molecule has 0 fully saturated rings.